The number of aromatic nitrogens is 3. The summed E-state index contributed by atoms with van der Waals surface area (Å²) < 4.78 is 4.64. The molecule has 2 heterocycles. The molecule has 0 saturated carbocycles. The summed E-state index contributed by atoms with van der Waals surface area (Å²) in [5, 5.41) is 2.50. The summed E-state index contributed by atoms with van der Waals surface area (Å²) >= 11 is 0. The summed E-state index contributed by atoms with van der Waals surface area (Å²) in [5.74, 6) is 0.932. The molecule has 53 heavy (non-hydrogen) atoms. The monoisotopic (exact) mass is 677 g/mol. The molecule has 0 aliphatic rings. The number of nitrogens with zero attached hydrogens (tertiary/aromatic N) is 3. The lowest BCUT2D eigenvalue weighted by molar-refractivity contribution is 1.10. The van der Waals surface area contributed by atoms with Gasteiger partial charge >= 0.3 is 0 Å². The lowest BCUT2D eigenvalue weighted by atomic mass is 9.89. The highest BCUT2D eigenvalue weighted by atomic mass is 15.1. The first kappa shape index (κ1) is 30.8. The van der Waals surface area contributed by atoms with Gasteiger partial charge in [0.25, 0.3) is 0 Å². The predicted octanol–water partition coefficient (Wildman–Crippen LogP) is 13.1. The molecule has 0 unspecified atom stereocenters. The van der Waals surface area contributed by atoms with Gasteiger partial charge in [-0.2, -0.15) is 0 Å². The number of aryl methyl sites for hydroxylation is 1. The Hall–Kier alpha value is -6.97. The van der Waals surface area contributed by atoms with Crippen LogP contribution in [0.5, 0.6) is 0 Å². The van der Waals surface area contributed by atoms with Gasteiger partial charge in [0, 0.05) is 27.7 Å². The Kier molecular flexibility index (Phi) is 7.36. The van der Waals surface area contributed by atoms with Crippen molar-refractivity contribution in [2.45, 2.75) is 6.92 Å². The molecular weight excluding hydrogens is 643 g/mol. The van der Waals surface area contributed by atoms with Crippen LogP contribution in [0.4, 0.5) is 0 Å². The molecule has 0 fully saturated rings. The topological polar surface area (TPSA) is 22.8 Å². The summed E-state index contributed by atoms with van der Waals surface area (Å²) in [4.78, 5) is 5.10. The highest BCUT2D eigenvalue weighted by Gasteiger charge is 2.18. The highest BCUT2D eigenvalue weighted by Crippen LogP contribution is 2.41. The molecular formula is C50H35N3. The van der Waals surface area contributed by atoms with Crippen LogP contribution in [0.1, 0.15) is 5.56 Å². The van der Waals surface area contributed by atoms with Crippen molar-refractivity contribution >= 4 is 32.8 Å². The van der Waals surface area contributed by atoms with Crippen molar-refractivity contribution < 1.29 is 0 Å². The molecule has 0 amide bonds. The van der Waals surface area contributed by atoms with E-state index in [2.05, 4.69) is 204 Å². The molecule has 0 radical (unpaired) electrons. The fourth-order valence-corrected chi connectivity index (χ4v) is 7.91. The molecule has 8 aromatic carbocycles. The van der Waals surface area contributed by atoms with Gasteiger partial charge in [0.05, 0.1) is 22.1 Å². The number of fused-ring (bicyclic) bond motifs is 4. The largest absolute Gasteiger partial charge is 0.309 e. The zero-order chi connectivity index (χ0) is 35.3. The van der Waals surface area contributed by atoms with E-state index in [0.29, 0.717) is 0 Å². The van der Waals surface area contributed by atoms with Gasteiger partial charge in [0.2, 0.25) is 0 Å². The van der Waals surface area contributed by atoms with Gasteiger partial charge in [-0.25, -0.2) is 4.98 Å². The van der Waals surface area contributed by atoms with Crippen molar-refractivity contribution in [3.05, 3.63) is 200 Å². The maximum absolute atomic E-state index is 5.10. The van der Waals surface area contributed by atoms with Crippen LogP contribution in [-0.4, -0.2) is 14.1 Å². The molecule has 0 spiro atoms. The van der Waals surface area contributed by atoms with E-state index in [1.165, 1.54) is 60.9 Å². The van der Waals surface area contributed by atoms with Gasteiger partial charge < -0.3 is 4.57 Å². The number of hydrogen-bond donors (Lipinski definition) is 0. The normalized spacial score (nSPS) is 11.5. The van der Waals surface area contributed by atoms with Gasteiger partial charge in [-0.15, -0.1) is 0 Å². The fraction of sp³-hybridized carbons (Fsp3) is 0.0200. The third-order valence-corrected chi connectivity index (χ3v) is 10.4. The van der Waals surface area contributed by atoms with Crippen molar-refractivity contribution in [3.63, 3.8) is 0 Å². The first-order chi connectivity index (χ1) is 26.2. The lowest BCUT2D eigenvalue weighted by Crippen LogP contribution is -1.97. The molecule has 3 heteroatoms. The smallest absolute Gasteiger partial charge is 0.145 e. The predicted molar refractivity (Wildman–Crippen MR) is 222 cm³/mol. The Morgan fingerprint density at radius 3 is 1.62 bits per heavy atom. The summed E-state index contributed by atoms with van der Waals surface area (Å²) in [5.41, 5.74) is 16.3. The SMILES string of the molecule is Cc1ccc(-n2c3ccccc3c3cc(-c4ccccc4-c4ccccc4-c4ccc(-c5nc6ccccc6n5-c5ccccc5)cc4)ccc32)cc1. The quantitative estimate of drug-likeness (QED) is 0.172. The molecule has 0 N–H and O–H groups in total. The average Bonchev–Trinajstić information content (AvgIpc) is 3.78. The molecule has 0 saturated heterocycles. The Morgan fingerprint density at radius 2 is 0.887 bits per heavy atom. The maximum Gasteiger partial charge on any atom is 0.145 e. The van der Waals surface area contributed by atoms with Crippen LogP contribution in [0.3, 0.4) is 0 Å². The molecule has 3 nitrogen and oxygen atoms in total. The van der Waals surface area contributed by atoms with Gasteiger partial charge in [-0.3, -0.25) is 4.57 Å². The molecule has 250 valence electrons. The van der Waals surface area contributed by atoms with Crippen LogP contribution in [0.15, 0.2) is 194 Å². The Balaban J connectivity index is 1.07. The average molecular weight is 678 g/mol. The van der Waals surface area contributed by atoms with Gasteiger partial charge in [0.15, 0.2) is 0 Å². The van der Waals surface area contributed by atoms with Crippen LogP contribution in [-0.2, 0) is 0 Å². The molecule has 0 atom stereocenters. The Labute approximate surface area is 308 Å². The molecule has 10 rings (SSSR count). The van der Waals surface area contributed by atoms with Gasteiger partial charge in [0.1, 0.15) is 5.82 Å². The van der Waals surface area contributed by atoms with E-state index in [0.717, 1.165) is 33.7 Å². The van der Waals surface area contributed by atoms with Crippen LogP contribution < -0.4 is 0 Å². The Bertz CT molecular complexity index is 2930. The molecule has 0 aliphatic heterocycles. The first-order valence-electron chi connectivity index (χ1n) is 18.1. The summed E-state index contributed by atoms with van der Waals surface area (Å²) in [7, 11) is 0. The summed E-state index contributed by atoms with van der Waals surface area (Å²) in [6.07, 6.45) is 0. The van der Waals surface area contributed by atoms with E-state index in [1.807, 2.05) is 6.07 Å². The van der Waals surface area contributed by atoms with Crippen molar-refractivity contribution in [2.24, 2.45) is 0 Å². The highest BCUT2D eigenvalue weighted by molar-refractivity contribution is 6.11. The number of rotatable bonds is 6. The molecule has 0 bridgehead atoms. The van der Waals surface area contributed by atoms with E-state index in [9.17, 15) is 0 Å². The van der Waals surface area contributed by atoms with E-state index in [1.54, 1.807) is 0 Å². The van der Waals surface area contributed by atoms with Crippen LogP contribution in [0.25, 0.3) is 89.0 Å². The second kappa shape index (κ2) is 12.7. The zero-order valence-electron chi connectivity index (χ0n) is 29.3. The van der Waals surface area contributed by atoms with Crippen molar-refractivity contribution in [1.29, 1.82) is 0 Å². The zero-order valence-corrected chi connectivity index (χ0v) is 29.3. The van der Waals surface area contributed by atoms with Crippen LogP contribution in [0.2, 0.25) is 0 Å². The third kappa shape index (κ3) is 5.25. The summed E-state index contributed by atoms with van der Waals surface area (Å²) in [6, 6.07) is 69.8. The van der Waals surface area contributed by atoms with E-state index >= 15 is 0 Å². The Morgan fingerprint density at radius 1 is 0.358 bits per heavy atom. The van der Waals surface area contributed by atoms with Gasteiger partial charge in [-0.05, 0) is 94.9 Å². The van der Waals surface area contributed by atoms with Gasteiger partial charge in [-0.1, -0.05) is 145 Å². The lowest BCUT2D eigenvalue weighted by Gasteiger charge is -2.16. The number of para-hydroxylation sites is 4. The molecule has 2 aromatic heterocycles. The minimum Gasteiger partial charge on any atom is -0.309 e. The second-order valence-corrected chi connectivity index (χ2v) is 13.7. The van der Waals surface area contributed by atoms with Crippen LogP contribution >= 0.6 is 0 Å². The number of hydrogen-bond acceptors (Lipinski definition) is 1. The second-order valence-electron chi connectivity index (χ2n) is 13.7. The van der Waals surface area contributed by atoms with E-state index < -0.39 is 0 Å². The molecule has 0 aliphatic carbocycles. The standard InChI is InChI=1S/C50H35N3/c1-34-23-30-39(31-24-34)52-47-21-11-9-19-44(47)45-33-37(29-32-48(45)52)41-16-6-8-18-43(41)42-17-7-5-15-40(42)35-25-27-36(28-26-35)50-51-46-20-10-12-22-49(46)53(50)38-13-3-2-4-14-38/h2-33H,1H3. The fourth-order valence-electron chi connectivity index (χ4n) is 7.91. The van der Waals surface area contributed by atoms with E-state index in [4.69, 9.17) is 4.98 Å². The van der Waals surface area contributed by atoms with E-state index in [-0.39, 0.29) is 0 Å². The third-order valence-electron chi connectivity index (χ3n) is 10.4. The van der Waals surface area contributed by atoms with Crippen molar-refractivity contribution in [3.8, 4) is 56.1 Å². The molecule has 10 aromatic rings. The minimum atomic E-state index is 0.932. The first-order valence-corrected chi connectivity index (χ1v) is 18.1. The number of imidazole rings is 1. The van der Waals surface area contributed by atoms with Crippen molar-refractivity contribution in [1.82, 2.24) is 14.1 Å². The van der Waals surface area contributed by atoms with Crippen LogP contribution in [0, 0.1) is 6.92 Å². The van der Waals surface area contributed by atoms with Crippen molar-refractivity contribution in [2.75, 3.05) is 0 Å². The summed E-state index contributed by atoms with van der Waals surface area (Å²) in [6.45, 7) is 2.14. The minimum absolute atomic E-state index is 0.932. The maximum atomic E-state index is 5.10. The number of benzene rings is 8.